The van der Waals surface area contributed by atoms with Crippen molar-refractivity contribution in [2.45, 2.75) is 33.6 Å². The van der Waals surface area contributed by atoms with E-state index in [-0.39, 0.29) is 5.97 Å². The van der Waals surface area contributed by atoms with Crippen LogP contribution < -0.4 is 10.6 Å². The second-order valence-electron chi connectivity index (χ2n) is 5.86. The summed E-state index contributed by atoms with van der Waals surface area (Å²) in [5.74, 6) is 0.00761. The highest BCUT2D eigenvalue weighted by Crippen LogP contribution is 2.30. The van der Waals surface area contributed by atoms with Crippen LogP contribution in [0.2, 0.25) is 0 Å². The summed E-state index contributed by atoms with van der Waals surface area (Å²) in [6, 6.07) is 7.99. The van der Waals surface area contributed by atoms with Crippen LogP contribution in [-0.2, 0) is 4.74 Å². The van der Waals surface area contributed by atoms with E-state index in [0.29, 0.717) is 21.6 Å². The van der Waals surface area contributed by atoms with E-state index in [1.54, 1.807) is 6.07 Å². The summed E-state index contributed by atoms with van der Waals surface area (Å²) in [6.07, 6.45) is 0. The smallest absolute Gasteiger partial charge is 0.340 e. The van der Waals surface area contributed by atoms with E-state index >= 15 is 0 Å². The van der Waals surface area contributed by atoms with Gasteiger partial charge in [-0.2, -0.15) is 0 Å². The van der Waals surface area contributed by atoms with Gasteiger partial charge in [0.1, 0.15) is 5.00 Å². The minimum absolute atomic E-state index is 0.372. The lowest BCUT2D eigenvalue weighted by Crippen LogP contribution is -2.21. The fourth-order valence-electron chi connectivity index (χ4n) is 2.46. The summed E-state index contributed by atoms with van der Waals surface area (Å²) in [5.41, 5.74) is 3.84. The maximum atomic E-state index is 11.9. The standard InChI is InChI=1S/C18H22N2O2S2/c1-10(2)13-8-6-7-11(3)15(13)19-18(23)20-16-14(17(21)22-5)9-12(4)24-16/h6-10H,1-5H3,(H2,19,20,23). The second kappa shape index (κ2) is 7.77. The van der Waals surface area contributed by atoms with Gasteiger partial charge in [0.2, 0.25) is 0 Å². The number of thiophene rings is 1. The molecule has 0 aliphatic rings. The molecular weight excluding hydrogens is 340 g/mol. The van der Waals surface area contributed by atoms with Gasteiger partial charge in [-0.15, -0.1) is 11.3 Å². The van der Waals surface area contributed by atoms with Crippen LogP contribution in [0, 0.1) is 13.8 Å². The minimum Gasteiger partial charge on any atom is -0.465 e. The number of para-hydroxylation sites is 1. The van der Waals surface area contributed by atoms with E-state index in [4.69, 9.17) is 17.0 Å². The van der Waals surface area contributed by atoms with Gasteiger partial charge >= 0.3 is 5.97 Å². The molecule has 0 amide bonds. The number of methoxy groups -OCH3 is 1. The summed E-state index contributed by atoms with van der Waals surface area (Å²) in [6.45, 7) is 8.28. The molecule has 0 saturated heterocycles. The zero-order valence-corrected chi connectivity index (χ0v) is 16.2. The SMILES string of the molecule is COC(=O)c1cc(C)sc1NC(=S)Nc1c(C)cccc1C(C)C. The summed E-state index contributed by atoms with van der Waals surface area (Å²) in [7, 11) is 1.37. The second-order valence-corrected chi connectivity index (χ2v) is 7.53. The number of esters is 1. The first-order valence-electron chi connectivity index (χ1n) is 7.69. The van der Waals surface area contributed by atoms with Gasteiger partial charge in [0, 0.05) is 10.6 Å². The van der Waals surface area contributed by atoms with E-state index in [1.165, 1.54) is 24.0 Å². The molecule has 0 unspecified atom stereocenters. The van der Waals surface area contributed by atoms with Crippen molar-refractivity contribution in [1.29, 1.82) is 0 Å². The molecule has 6 heteroatoms. The molecule has 0 atom stereocenters. The third-order valence-corrected chi connectivity index (χ3v) is 4.82. The molecule has 2 N–H and O–H groups in total. The summed E-state index contributed by atoms with van der Waals surface area (Å²) < 4.78 is 4.82. The molecule has 4 nitrogen and oxygen atoms in total. The van der Waals surface area contributed by atoms with E-state index in [9.17, 15) is 4.79 Å². The Hall–Kier alpha value is -1.92. The maximum Gasteiger partial charge on any atom is 0.340 e. The normalized spacial score (nSPS) is 10.6. The lowest BCUT2D eigenvalue weighted by molar-refractivity contribution is 0.0602. The molecule has 2 rings (SSSR count). The Morgan fingerprint density at radius 2 is 1.96 bits per heavy atom. The van der Waals surface area contributed by atoms with Crippen LogP contribution in [0.1, 0.15) is 46.1 Å². The van der Waals surface area contributed by atoms with Crippen molar-refractivity contribution in [3.05, 3.63) is 45.8 Å². The number of thiocarbonyl (C=S) groups is 1. The third kappa shape index (κ3) is 4.13. The van der Waals surface area contributed by atoms with E-state index < -0.39 is 0 Å². The summed E-state index contributed by atoms with van der Waals surface area (Å²) in [5, 5.41) is 7.55. The Balaban J connectivity index is 2.23. The molecular formula is C18H22N2O2S2. The van der Waals surface area contributed by atoms with Crippen LogP contribution in [0.15, 0.2) is 24.3 Å². The predicted octanol–water partition coefficient (Wildman–Crippen LogP) is 5.08. The van der Waals surface area contributed by atoms with Gasteiger partial charge in [-0.1, -0.05) is 32.0 Å². The Bertz CT molecular complexity index is 766. The Kier molecular flexibility index (Phi) is 5.96. The molecule has 0 bridgehead atoms. The number of hydrogen-bond acceptors (Lipinski definition) is 4. The lowest BCUT2D eigenvalue weighted by atomic mass is 9.98. The van der Waals surface area contributed by atoms with Gasteiger partial charge < -0.3 is 15.4 Å². The van der Waals surface area contributed by atoms with Crippen molar-refractivity contribution in [2.24, 2.45) is 0 Å². The van der Waals surface area contributed by atoms with E-state index in [1.807, 2.05) is 26.0 Å². The lowest BCUT2D eigenvalue weighted by Gasteiger charge is -2.18. The third-order valence-electron chi connectivity index (χ3n) is 3.65. The highest BCUT2D eigenvalue weighted by molar-refractivity contribution is 7.80. The maximum absolute atomic E-state index is 11.9. The number of aryl methyl sites for hydroxylation is 2. The monoisotopic (exact) mass is 362 g/mol. The minimum atomic E-state index is -0.372. The largest absolute Gasteiger partial charge is 0.465 e. The van der Waals surface area contributed by atoms with Crippen LogP contribution >= 0.6 is 23.6 Å². The molecule has 1 aromatic heterocycles. The number of benzene rings is 1. The fourth-order valence-corrected chi connectivity index (χ4v) is 3.63. The first kappa shape index (κ1) is 18.4. The number of carbonyl (C=O) groups is 1. The molecule has 128 valence electrons. The molecule has 0 aliphatic carbocycles. The Labute approximate surface area is 152 Å². The van der Waals surface area contributed by atoms with Crippen molar-refractivity contribution in [3.8, 4) is 0 Å². The molecule has 24 heavy (non-hydrogen) atoms. The fraction of sp³-hybridized carbons (Fsp3) is 0.333. The first-order chi connectivity index (χ1) is 11.3. The van der Waals surface area contributed by atoms with Crippen molar-refractivity contribution < 1.29 is 9.53 Å². The number of ether oxygens (including phenoxy) is 1. The molecule has 0 aliphatic heterocycles. The zero-order chi connectivity index (χ0) is 17.9. The number of carbonyl (C=O) groups excluding carboxylic acids is 1. The summed E-state index contributed by atoms with van der Waals surface area (Å²) >= 11 is 6.92. The number of nitrogens with one attached hydrogen (secondary N) is 2. The van der Waals surface area contributed by atoms with Gasteiger partial charge in [-0.05, 0) is 49.2 Å². The van der Waals surface area contributed by atoms with Gasteiger partial charge in [0.25, 0.3) is 0 Å². The quantitative estimate of drug-likeness (QED) is 0.586. The average Bonchev–Trinajstić information content (AvgIpc) is 2.88. The van der Waals surface area contributed by atoms with E-state index in [0.717, 1.165) is 16.1 Å². The molecule has 1 heterocycles. The molecule has 0 radical (unpaired) electrons. The van der Waals surface area contributed by atoms with Crippen molar-refractivity contribution in [1.82, 2.24) is 0 Å². The van der Waals surface area contributed by atoms with Crippen molar-refractivity contribution in [2.75, 3.05) is 17.7 Å². The predicted molar refractivity (Wildman–Crippen MR) is 106 cm³/mol. The van der Waals surface area contributed by atoms with Crippen LogP contribution in [0.4, 0.5) is 10.7 Å². The molecule has 0 fully saturated rings. The summed E-state index contributed by atoms with van der Waals surface area (Å²) in [4.78, 5) is 12.9. The van der Waals surface area contributed by atoms with Crippen LogP contribution in [0.3, 0.4) is 0 Å². The van der Waals surface area contributed by atoms with Gasteiger partial charge in [-0.25, -0.2) is 4.79 Å². The highest BCUT2D eigenvalue weighted by atomic mass is 32.1. The van der Waals surface area contributed by atoms with Crippen LogP contribution in [-0.4, -0.2) is 18.2 Å². The molecule has 0 saturated carbocycles. The first-order valence-corrected chi connectivity index (χ1v) is 8.92. The Morgan fingerprint density at radius 3 is 2.58 bits per heavy atom. The van der Waals surface area contributed by atoms with Gasteiger partial charge in [0.05, 0.1) is 12.7 Å². The number of rotatable bonds is 4. The molecule has 2 aromatic rings. The van der Waals surface area contributed by atoms with Crippen LogP contribution in [0.25, 0.3) is 0 Å². The van der Waals surface area contributed by atoms with Crippen molar-refractivity contribution in [3.63, 3.8) is 0 Å². The van der Waals surface area contributed by atoms with Crippen LogP contribution in [0.5, 0.6) is 0 Å². The average molecular weight is 363 g/mol. The highest BCUT2D eigenvalue weighted by Gasteiger charge is 2.17. The molecule has 1 aromatic carbocycles. The van der Waals surface area contributed by atoms with E-state index in [2.05, 4.69) is 30.5 Å². The number of anilines is 2. The topological polar surface area (TPSA) is 50.4 Å². The van der Waals surface area contributed by atoms with Crippen molar-refractivity contribution >= 4 is 45.3 Å². The Morgan fingerprint density at radius 1 is 1.25 bits per heavy atom. The van der Waals surface area contributed by atoms with Gasteiger partial charge in [0.15, 0.2) is 5.11 Å². The van der Waals surface area contributed by atoms with Gasteiger partial charge in [-0.3, -0.25) is 0 Å². The number of hydrogen-bond donors (Lipinski definition) is 2. The zero-order valence-electron chi connectivity index (χ0n) is 14.5. The molecule has 0 spiro atoms.